The molecule has 28 heavy (non-hydrogen) atoms. The lowest BCUT2D eigenvalue weighted by molar-refractivity contribution is 0.0703. The van der Waals surface area contributed by atoms with Gasteiger partial charge in [0, 0.05) is 23.5 Å². The van der Waals surface area contributed by atoms with Gasteiger partial charge in [-0.05, 0) is 43.5 Å². The molecule has 6 nitrogen and oxygen atoms in total. The van der Waals surface area contributed by atoms with E-state index in [1.165, 1.54) is 0 Å². The van der Waals surface area contributed by atoms with E-state index in [2.05, 4.69) is 10.6 Å². The minimum Gasteiger partial charge on any atom is -0.451 e. The third kappa shape index (κ3) is 4.34. The first-order valence-electron chi connectivity index (χ1n) is 9.49. The van der Waals surface area contributed by atoms with Gasteiger partial charge in [-0.25, -0.2) is 4.79 Å². The fraction of sp³-hybridized carbons (Fsp3) is 0.273. The van der Waals surface area contributed by atoms with Gasteiger partial charge in [-0.2, -0.15) is 0 Å². The largest absolute Gasteiger partial charge is 0.451 e. The molecule has 6 heteroatoms. The van der Waals surface area contributed by atoms with E-state index in [1.54, 1.807) is 18.2 Å². The molecule has 2 aromatic carbocycles. The van der Waals surface area contributed by atoms with Crippen LogP contribution in [0.5, 0.6) is 0 Å². The number of benzene rings is 2. The molecule has 0 radical (unpaired) electrons. The molecule has 0 unspecified atom stereocenters. The van der Waals surface area contributed by atoms with E-state index in [1.807, 2.05) is 42.5 Å². The average molecular weight is 378 g/mol. The standard InChI is InChI=1S/C22H22N2O4/c25-21(20-13-15-7-4-5-12-19(15)28-20)23-17-10-6-11-18(14-17)27-22(26)24-16-8-2-1-3-9-16/h1-5,7-9,12-13,17-18H,6,10-11,14H2,(H,23,25)(H,24,26)/t17-,18+/m1/s1. The highest BCUT2D eigenvalue weighted by molar-refractivity contribution is 5.96. The normalized spacial score (nSPS) is 19.1. The van der Waals surface area contributed by atoms with E-state index in [0.29, 0.717) is 23.5 Å². The van der Waals surface area contributed by atoms with Crippen molar-refractivity contribution < 1.29 is 18.7 Å². The van der Waals surface area contributed by atoms with Crippen LogP contribution < -0.4 is 10.6 Å². The molecule has 1 aliphatic rings. The molecule has 0 spiro atoms. The Labute approximate surface area is 162 Å². The summed E-state index contributed by atoms with van der Waals surface area (Å²) in [5, 5.41) is 6.62. The monoisotopic (exact) mass is 378 g/mol. The van der Waals surface area contributed by atoms with Gasteiger partial charge in [-0.15, -0.1) is 0 Å². The number of ether oxygens (including phenoxy) is 1. The van der Waals surface area contributed by atoms with Gasteiger partial charge < -0.3 is 14.5 Å². The Morgan fingerprint density at radius 2 is 1.79 bits per heavy atom. The van der Waals surface area contributed by atoms with Gasteiger partial charge in [0.1, 0.15) is 11.7 Å². The number of hydrogen-bond acceptors (Lipinski definition) is 4. The number of para-hydroxylation sites is 2. The van der Waals surface area contributed by atoms with Crippen molar-refractivity contribution in [3.8, 4) is 0 Å². The molecular formula is C22H22N2O4. The Balaban J connectivity index is 1.32. The van der Waals surface area contributed by atoms with Crippen LogP contribution in [0.4, 0.5) is 10.5 Å². The minimum absolute atomic E-state index is 0.0519. The molecule has 4 rings (SSSR count). The Morgan fingerprint density at radius 3 is 2.61 bits per heavy atom. The number of carbonyl (C=O) groups excluding carboxylic acids is 2. The molecule has 0 aliphatic heterocycles. The molecule has 1 fully saturated rings. The summed E-state index contributed by atoms with van der Waals surface area (Å²) in [4.78, 5) is 24.6. The number of rotatable bonds is 4. The molecule has 1 saturated carbocycles. The quantitative estimate of drug-likeness (QED) is 0.688. The lowest BCUT2D eigenvalue weighted by atomic mass is 9.93. The summed E-state index contributed by atoms with van der Waals surface area (Å²) in [7, 11) is 0. The molecule has 3 aromatic rings. The summed E-state index contributed by atoms with van der Waals surface area (Å²) in [6, 6.07) is 18.4. The van der Waals surface area contributed by atoms with Crippen LogP contribution in [-0.4, -0.2) is 24.1 Å². The second-order valence-corrected chi connectivity index (χ2v) is 7.00. The smallest absolute Gasteiger partial charge is 0.411 e. The zero-order valence-electron chi connectivity index (χ0n) is 15.4. The molecule has 1 aromatic heterocycles. The predicted octanol–water partition coefficient (Wildman–Crippen LogP) is 4.72. The maximum atomic E-state index is 12.5. The summed E-state index contributed by atoms with van der Waals surface area (Å²) in [5.74, 6) is 0.0571. The highest BCUT2D eigenvalue weighted by Crippen LogP contribution is 2.23. The summed E-state index contributed by atoms with van der Waals surface area (Å²) in [6.45, 7) is 0. The van der Waals surface area contributed by atoms with Crippen LogP contribution >= 0.6 is 0 Å². The molecule has 2 N–H and O–H groups in total. The summed E-state index contributed by atoms with van der Waals surface area (Å²) < 4.78 is 11.2. The van der Waals surface area contributed by atoms with Crippen LogP contribution in [0.15, 0.2) is 65.1 Å². The number of amides is 2. The first kappa shape index (κ1) is 18.1. The Hall–Kier alpha value is -3.28. The number of fused-ring (bicyclic) bond motifs is 1. The van der Waals surface area contributed by atoms with Crippen LogP contribution in [0.3, 0.4) is 0 Å². The van der Waals surface area contributed by atoms with Crippen LogP contribution in [0.1, 0.15) is 36.2 Å². The average Bonchev–Trinajstić information content (AvgIpc) is 3.13. The van der Waals surface area contributed by atoms with Gasteiger partial charge in [-0.1, -0.05) is 36.4 Å². The van der Waals surface area contributed by atoms with Gasteiger partial charge in [0.25, 0.3) is 5.91 Å². The molecule has 0 saturated heterocycles. The molecule has 1 heterocycles. The summed E-state index contributed by atoms with van der Waals surface area (Å²) >= 11 is 0. The molecular weight excluding hydrogens is 356 g/mol. The van der Waals surface area contributed by atoms with Crippen LogP contribution in [0, 0.1) is 0 Å². The van der Waals surface area contributed by atoms with Crippen molar-refractivity contribution in [2.24, 2.45) is 0 Å². The SMILES string of the molecule is O=C(Nc1ccccc1)O[C@H]1CCC[C@@H](NC(=O)c2cc3ccccc3o2)C1. The second-order valence-electron chi connectivity index (χ2n) is 7.00. The van der Waals surface area contributed by atoms with E-state index in [9.17, 15) is 9.59 Å². The Kier molecular flexibility index (Phi) is 5.28. The van der Waals surface area contributed by atoms with Gasteiger partial charge in [0.05, 0.1) is 0 Å². The van der Waals surface area contributed by atoms with Crippen LogP contribution in [0.2, 0.25) is 0 Å². The first-order chi connectivity index (χ1) is 13.7. The van der Waals surface area contributed by atoms with E-state index < -0.39 is 6.09 Å². The molecule has 2 amide bonds. The highest BCUT2D eigenvalue weighted by atomic mass is 16.6. The zero-order chi connectivity index (χ0) is 19.3. The lowest BCUT2D eigenvalue weighted by Gasteiger charge is -2.29. The van der Waals surface area contributed by atoms with Crippen LogP contribution in [-0.2, 0) is 4.74 Å². The van der Waals surface area contributed by atoms with Gasteiger partial charge in [-0.3, -0.25) is 10.1 Å². The van der Waals surface area contributed by atoms with Crippen molar-refractivity contribution >= 4 is 28.7 Å². The summed E-state index contributed by atoms with van der Waals surface area (Å²) in [5.41, 5.74) is 1.38. The number of furan rings is 1. The zero-order valence-corrected chi connectivity index (χ0v) is 15.4. The number of hydrogen-bond donors (Lipinski definition) is 2. The Bertz CT molecular complexity index is 934. The van der Waals surface area contributed by atoms with Crippen molar-refractivity contribution in [2.45, 2.75) is 37.8 Å². The van der Waals surface area contributed by atoms with Crippen molar-refractivity contribution in [3.63, 3.8) is 0 Å². The van der Waals surface area contributed by atoms with E-state index >= 15 is 0 Å². The number of anilines is 1. The molecule has 144 valence electrons. The van der Waals surface area contributed by atoms with Gasteiger partial charge in [0.15, 0.2) is 5.76 Å². The maximum absolute atomic E-state index is 12.5. The van der Waals surface area contributed by atoms with Gasteiger partial charge in [0.2, 0.25) is 0 Å². The van der Waals surface area contributed by atoms with Crippen molar-refractivity contribution in [2.75, 3.05) is 5.32 Å². The number of nitrogens with one attached hydrogen (secondary N) is 2. The molecule has 0 bridgehead atoms. The highest BCUT2D eigenvalue weighted by Gasteiger charge is 2.27. The third-order valence-electron chi connectivity index (χ3n) is 4.90. The predicted molar refractivity (Wildman–Crippen MR) is 106 cm³/mol. The second kappa shape index (κ2) is 8.17. The van der Waals surface area contributed by atoms with Crippen LogP contribution in [0.25, 0.3) is 11.0 Å². The van der Waals surface area contributed by atoms with Crippen molar-refractivity contribution in [1.82, 2.24) is 5.32 Å². The lowest BCUT2D eigenvalue weighted by Crippen LogP contribution is -2.41. The fourth-order valence-electron chi connectivity index (χ4n) is 3.55. The van der Waals surface area contributed by atoms with E-state index in [4.69, 9.17) is 9.15 Å². The molecule has 1 aliphatic carbocycles. The van der Waals surface area contributed by atoms with E-state index in [0.717, 1.165) is 24.6 Å². The fourth-order valence-corrected chi connectivity index (χ4v) is 3.55. The Morgan fingerprint density at radius 1 is 1.00 bits per heavy atom. The van der Waals surface area contributed by atoms with E-state index in [-0.39, 0.29) is 18.1 Å². The van der Waals surface area contributed by atoms with Crippen molar-refractivity contribution in [3.05, 3.63) is 66.4 Å². The first-order valence-corrected chi connectivity index (χ1v) is 9.49. The third-order valence-corrected chi connectivity index (χ3v) is 4.90. The van der Waals surface area contributed by atoms with Gasteiger partial charge >= 0.3 is 6.09 Å². The summed E-state index contributed by atoms with van der Waals surface area (Å²) in [6.07, 6.45) is 2.42. The topological polar surface area (TPSA) is 80.6 Å². The van der Waals surface area contributed by atoms with Crippen molar-refractivity contribution in [1.29, 1.82) is 0 Å². The molecule has 2 atom stereocenters. The number of carbonyl (C=O) groups is 2. The maximum Gasteiger partial charge on any atom is 0.411 e. The minimum atomic E-state index is -0.472.